The average molecular weight is 476 g/mol. The second-order valence-corrected chi connectivity index (χ2v) is 8.57. The van der Waals surface area contributed by atoms with Crippen molar-refractivity contribution in [3.63, 3.8) is 0 Å². The maximum absolute atomic E-state index is 10.2. The van der Waals surface area contributed by atoms with Crippen LogP contribution in [0.2, 0.25) is 0 Å². The quantitative estimate of drug-likeness (QED) is 0.328. The molecule has 4 aromatic rings. The van der Waals surface area contributed by atoms with Crippen LogP contribution in [0, 0.1) is 11.8 Å². The van der Waals surface area contributed by atoms with Crippen molar-refractivity contribution in [1.82, 2.24) is 30.2 Å². The lowest BCUT2D eigenvalue weighted by Crippen LogP contribution is -2.17. The van der Waals surface area contributed by atoms with E-state index in [-0.39, 0.29) is 11.9 Å². The number of fused-ring (bicyclic) bond motifs is 1. The summed E-state index contributed by atoms with van der Waals surface area (Å²) in [5.74, 6) is 6.83. The molecular formula is C25H29N7O3. The highest BCUT2D eigenvalue weighted by atomic mass is 16.6. The van der Waals surface area contributed by atoms with Gasteiger partial charge in [0, 0.05) is 19.0 Å². The van der Waals surface area contributed by atoms with Crippen LogP contribution in [-0.2, 0) is 6.54 Å². The number of imidazole rings is 1. The molecule has 0 aliphatic rings. The van der Waals surface area contributed by atoms with Gasteiger partial charge in [-0.2, -0.15) is 0 Å². The summed E-state index contributed by atoms with van der Waals surface area (Å²) in [6.07, 6.45) is 0.515. The van der Waals surface area contributed by atoms with Gasteiger partial charge in [-0.05, 0) is 56.2 Å². The van der Waals surface area contributed by atoms with Crippen molar-refractivity contribution in [2.75, 3.05) is 19.3 Å². The number of aliphatic hydroxyl groups is 1. The van der Waals surface area contributed by atoms with Crippen LogP contribution in [-0.4, -0.2) is 49.1 Å². The SMILES string of the molecule is CCn1c(-c2nonc2N)nc2c(C#CC(C)(C)O)nc(OC(CCNC)c3ccccc3)cc21. The van der Waals surface area contributed by atoms with Crippen molar-refractivity contribution in [1.29, 1.82) is 0 Å². The van der Waals surface area contributed by atoms with E-state index in [0.29, 0.717) is 35.2 Å². The average Bonchev–Trinajstić information content (AvgIpc) is 3.42. The van der Waals surface area contributed by atoms with Crippen LogP contribution in [0.15, 0.2) is 41.0 Å². The lowest BCUT2D eigenvalue weighted by Gasteiger charge is -2.19. The van der Waals surface area contributed by atoms with E-state index in [9.17, 15) is 5.11 Å². The van der Waals surface area contributed by atoms with E-state index in [0.717, 1.165) is 24.0 Å². The summed E-state index contributed by atoms with van der Waals surface area (Å²) in [6, 6.07) is 11.8. The van der Waals surface area contributed by atoms with Crippen LogP contribution in [0.4, 0.5) is 5.82 Å². The molecule has 1 unspecified atom stereocenters. The largest absolute Gasteiger partial charge is 0.469 e. The molecular weight excluding hydrogens is 446 g/mol. The number of benzene rings is 1. The molecule has 0 amide bonds. The van der Waals surface area contributed by atoms with E-state index >= 15 is 0 Å². The minimum atomic E-state index is -1.21. The molecule has 35 heavy (non-hydrogen) atoms. The van der Waals surface area contributed by atoms with Crippen LogP contribution < -0.4 is 15.8 Å². The summed E-state index contributed by atoms with van der Waals surface area (Å²) in [5, 5.41) is 21.0. The minimum Gasteiger partial charge on any atom is -0.469 e. The number of ether oxygens (including phenoxy) is 1. The first-order valence-electron chi connectivity index (χ1n) is 11.4. The van der Waals surface area contributed by atoms with Crippen molar-refractivity contribution in [3.8, 4) is 29.2 Å². The minimum absolute atomic E-state index is 0.139. The molecule has 182 valence electrons. The summed E-state index contributed by atoms with van der Waals surface area (Å²) in [4.78, 5) is 9.40. The molecule has 0 aliphatic heterocycles. The number of aromatic nitrogens is 5. The normalized spacial score (nSPS) is 12.4. The monoisotopic (exact) mass is 475 g/mol. The van der Waals surface area contributed by atoms with Gasteiger partial charge < -0.3 is 25.5 Å². The van der Waals surface area contributed by atoms with E-state index in [4.69, 9.17) is 20.1 Å². The van der Waals surface area contributed by atoms with Gasteiger partial charge in [-0.15, -0.1) is 0 Å². The lowest BCUT2D eigenvalue weighted by atomic mass is 10.1. The highest BCUT2D eigenvalue weighted by Crippen LogP contribution is 2.31. The Hall–Kier alpha value is -3.94. The van der Waals surface area contributed by atoms with E-state index in [1.54, 1.807) is 13.8 Å². The van der Waals surface area contributed by atoms with Crippen molar-refractivity contribution in [2.45, 2.75) is 45.4 Å². The molecule has 4 N–H and O–H groups in total. The number of nitrogens with two attached hydrogens (primary N) is 1. The molecule has 0 fully saturated rings. The van der Waals surface area contributed by atoms with Crippen molar-refractivity contribution in [2.24, 2.45) is 0 Å². The van der Waals surface area contributed by atoms with Gasteiger partial charge in [0.2, 0.25) is 5.88 Å². The number of rotatable bonds is 8. The summed E-state index contributed by atoms with van der Waals surface area (Å²) >= 11 is 0. The number of nitrogens with one attached hydrogen (secondary N) is 1. The van der Waals surface area contributed by atoms with E-state index in [1.807, 2.05) is 54.9 Å². The van der Waals surface area contributed by atoms with Crippen LogP contribution in [0.1, 0.15) is 44.6 Å². The third-order valence-corrected chi connectivity index (χ3v) is 5.33. The fraction of sp³-hybridized carbons (Fsp3) is 0.360. The lowest BCUT2D eigenvalue weighted by molar-refractivity contribution is 0.143. The van der Waals surface area contributed by atoms with E-state index < -0.39 is 5.60 Å². The molecule has 0 bridgehead atoms. The third-order valence-electron chi connectivity index (χ3n) is 5.33. The Labute approximate surface area is 203 Å². The maximum atomic E-state index is 10.2. The maximum Gasteiger partial charge on any atom is 0.217 e. The standard InChI is InChI=1S/C25H29N7O3/c1-5-32-18-15-20(34-19(12-14-27-4)16-9-7-6-8-10-16)28-17(11-13-25(2,3)33)21(18)29-24(32)22-23(26)31-35-30-22/h6-10,15,19,27,33H,5,12,14H2,1-4H3,(H2,26,31). The summed E-state index contributed by atoms with van der Waals surface area (Å²) in [7, 11) is 1.91. The first-order chi connectivity index (χ1) is 16.8. The first-order valence-corrected chi connectivity index (χ1v) is 11.4. The predicted octanol–water partition coefficient (Wildman–Crippen LogP) is 2.94. The fourth-order valence-corrected chi connectivity index (χ4v) is 3.69. The molecule has 3 aromatic heterocycles. The zero-order valence-corrected chi connectivity index (χ0v) is 20.2. The molecule has 4 rings (SSSR count). The van der Waals surface area contributed by atoms with Gasteiger partial charge in [0.05, 0.1) is 5.52 Å². The number of hydrogen-bond acceptors (Lipinski definition) is 9. The van der Waals surface area contributed by atoms with Gasteiger partial charge in [0.1, 0.15) is 22.9 Å². The highest BCUT2D eigenvalue weighted by molar-refractivity contribution is 5.86. The molecule has 0 saturated carbocycles. The highest BCUT2D eigenvalue weighted by Gasteiger charge is 2.23. The van der Waals surface area contributed by atoms with Crippen molar-refractivity contribution >= 4 is 16.9 Å². The molecule has 10 nitrogen and oxygen atoms in total. The van der Waals surface area contributed by atoms with Crippen LogP contribution >= 0.6 is 0 Å². The van der Waals surface area contributed by atoms with Gasteiger partial charge in [-0.3, -0.25) is 0 Å². The van der Waals surface area contributed by atoms with Crippen LogP contribution in [0.25, 0.3) is 22.6 Å². The Bertz CT molecular complexity index is 1360. The van der Waals surface area contributed by atoms with E-state index in [1.165, 1.54) is 0 Å². The molecule has 0 aliphatic carbocycles. The second kappa shape index (κ2) is 10.1. The molecule has 0 radical (unpaired) electrons. The topological polar surface area (TPSA) is 137 Å². The summed E-state index contributed by atoms with van der Waals surface area (Å²) < 4.78 is 13.1. The molecule has 0 spiro atoms. The molecule has 0 saturated heterocycles. The van der Waals surface area contributed by atoms with Crippen molar-refractivity contribution in [3.05, 3.63) is 47.7 Å². The predicted molar refractivity (Wildman–Crippen MR) is 132 cm³/mol. The summed E-state index contributed by atoms with van der Waals surface area (Å²) in [5.41, 5.74) is 7.79. The van der Waals surface area contributed by atoms with Gasteiger partial charge in [-0.1, -0.05) is 36.3 Å². The zero-order chi connectivity index (χ0) is 25.0. The van der Waals surface area contributed by atoms with Crippen LogP contribution in [0.3, 0.4) is 0 Å². The zero-order valence-electron chi connectivity index (χ0n) is 20.2. The van der Waals surface area contributed by atoms with Gasteiger partial charge in [-0.25, -0.2) is 14.6 Å². The number of anilines is 1. The number of nitrogens with zero attached hydrogens (tertiary/aromatic N) is 5. The Kier molecular flexibility index (Phi) is 7.00. The molecule has 10 heteroatoms. The summed E-state index contributed by atoms with van der Waals surface area (Å²) in [6.45, 7) is 6.54. The van der Waals surface area contributed by atoms with Gasteiger partial charge >= 0.3 is 0 Å². The molecule has 1 atom stereocenters. The first kappa shape index (κ1) is 24.2. The van der Waals surface area contributed by atoms with Gasteiger partial charge in [0.15, 0.2) is 17.3 Å². The fourth-order valence-electron chi connectivity index (χ4n) is 3.69. The number of nitrogen functional groups attached to an aromatic ring is 1. The molecule has 3 heterocycles. The van der Waals surface area contributed by atoms with Gasteiger partial charge in [0.25, 0.3) is 0 Å². The van der Waals surface area contributed by atoms with Crippen LogP contribution in [0.5, 0.6) is 5.88 Å². The Morgan fingerprint density at radius 1 is 1.23 bits per heavy atom. The van der Waals surface area contributed by atoms with Crippen molar-refractivity contribution < 1.29 is 14.5 Å². The second-order valence-electron chi connectivity index (χ2n) is 8.57. The van der Waals surface area contributed by atoms with E-state index in [2.05, 4.69) is 32.5 Å². The number of aryl methyl sites for hydroxylation is 1. The third kappa shape index (κ3) is 5.42. The number of hydrogen-bond donors (Lipinski definition) is 3. The molecule has 1 aromatic carbocycles. The Morgan fingerprint density at radius 2 is 2.00 bits per heavy atom. The smallest absolute Gasteiger partial charge is 0.217 e. The Balaban J connectivity index is 1.87. The number of pyridine rings is 1. The Morgan fingerprint density at radius 3 is 2.63 bits per heavy atom.